The maximum atomic E-state index is 10.7. The van der Waals surface area contributed by atoms with Gasteiger partial charge in [0.15, 0.2) is 0 Å². The molecule has 13 heavy (non-hydrogen) atoms. The van der Waals surface area contributed by atoms with E-state index in [2.05, 4.69) is 14.7 Å². The van der Waals surface area contributed by atoms with E-state index in [1.165, 1.54) is 7.11 Å². The van der Waals surface area contributed by atoms with Gasteiger partial charge in [0.05, 0.1) is 0 Å². The zero-order valence-corrected chi connectivity index (χ0v) is 8.46. The number of hydrogen-bond acceptors (Lipinski definition) is 5. The van der Waals surface area contributed by atoms with Crippen molar-refractivity contribution in [1.29, 1.82) is 0 Å². The molecule has 0 aliphatic carbocycles. The van der Waals surface area contributed by atoms with E-state index in [-0.39, 0.29) is 6.61 Å². The normalized spacial score (nSPS) is 11.4. The second-order valence-electron chi connectivity index (χ2n) is 3.15. The van der Waals surface area contributed by atoms with E-state index in [0.29, 0.717) is 0 Å². The molecular weight excluding hydrogens is 176 g/mol. The van der Waals surface area contributed by atoms with Gasteiger partial charge in [0.1, 0.15) is 12.2 Å². The Kier molecular flexibility index (Phi) is 5.61. The fourth-order valence-electron chi connectivity index (χ4n) is 0.348. The summed E-state index contributed by atoms with van der Waals surface area (Å²) in [4.78, 5) is 19.7. The molecule has 0 unspecified atom stereocenters. The maximum Gasteiger partial charge on any atom is 0.370 e. The van der Waals surface area contributed by atoms with Crippen LogP contribution in [0.1, 0.15) is 27.2 Å². The van der Waals surface area contributed by atoms with Crippen LogP contribution in [0.2, 0.25) is 0 Å². The molecule has 0 aromatic carbocycles. The molecule has 0 aliphatic heterocycles. The number of hydrogen-bond donors (Lipinski definition) is 0. The van der Waals surface area contributed by atoms with Crippen molar-refractivity contribution >= 4 is 5.97 Å². The van der Waals surface area contributed by atoms with Crippen LogP contribution in [0.3, 0.4) is 0 Å². The summed E-state index contributed by atoms with van der Waals surface area (Å²) in [5.41, 5.74) is -0.465. The van der Waals surface area contributed by atoms with Crippen LogP contribution in [0.15, 0.2) is 0 Å². The van der Waals surface area contributed by atoms with Crippen molar-refractivity contribution in [2.24, 2.45) is 0 Å². The summed E-state index contributed by atoms with van der Waals surface area (Å²) < 4.78 is 4.50. The second-order valence-corrected chi connectivity index (χ2v) is 3.15. The van der Waals surface area contributed by atoms with Gasteiger partial charge >= 0.3 is 5.97 Å². The van der Waals surface area contributed by atoms with Crippen molar-refractivity contribution in [2.45, 2.75) is 32.8 Å². The second kappa shape index (κ2) is 5.90. The zero-order valence-electron chi connectivity index (χ0n) is 8.46. The van der Waals surface area contributed by atoms with E-state index in [1.807, 2.05) is 20.8 Å². The first kappa shape index (κ1) is 12.3. The summed E-state index contributed by atoms with van der Waals surface area (Å²) in [7, 11) is 1.39. The highest BCUT2D eigenvalue weighted by Crippen LogP contribution is 2.13. The quantitative estimate of drug-likeness (QED) is 0.468. The van der Waals surface area contributed by atoms with Crippen LogP contribution in [0.5, 0.6) is 0 Å². The van der Waals surface area contributed by atoms with E-state index in [9.17, 15) is 4.79 Å². The van der Waals surface area contributed by atoms with Gasteiger partial charge in [0, 0.05) is 7.11 Å². The summed E-state index contributed by atoms with van der Waals surface area (Å²) in [5.74, 6) is -0.630. The van der Waals surface area contributed by atoms with Gasteiger partial charge in [-0.2, -0.15) is 4.89 Å². The van der Waals surface area contributed by atoms with Crippen LogP contribution in [-0.4, -0.2) is 25.3 Å². The number of ether oxygens (including phenoxy) is 1. The molecule has 0 atom stereocenters. The molecule has 0 bridgehead atoms. The minimum absolute atomic E-state index is 0.157. The summed E-state index contributed by atoms with van der Waals surface area (Å²) in [6, 6.07) is 0. The Balaban J connectivity index is 3.50. The van der Waals surface area contributed by atoms with E-state index in [1.54, 1.807) is 0 Å². The lowest BCUT2D eigenvalue weighted by atomic mass is 10.1. The monoisotopic (exact) mass is 192 g/mol. The number of rotatable bonds is 6. The van der Waals surface area contributed by atoms with Gasteiger partial charge in [-0.05, 0) is 25.3 Å². The third-order valence-electron chi connectivity index (χ3n) is 1.50. The van der Waals surface area contributed by atoms with E-state index in [4.69, 9.17) is 4.89 Å². The average molecular weight is 192 g/mol. The van der Waals surface area contributed by atoms with Crippen molar-refractivity contribution in [3.8, 4) is 0 Å². The van der Waals surface area contributed by atoms with Gasteiger partial charge in [0.25, 0.3) is 0 Å². The van der Waals surface area contributed by atoms with Gasteiger partial charge in [-0.1, -0.05) is 6.92 Å². The van der Waals surface area contributed by atoms with Gasteiger partial charge in [-0.25, -0.2) is 4.79 Å². The first-order chi connectivity index (χ1) is 6.02. The Morgan fingerprint density at radius 1 is 1.38 bits per heavy atom. The van der Waals surface area contributed by atoms with Gasteiger partial charge in [-0.15, -0.1) is 0 Å². The summed E-state index contributed by atoms with van der Waals surface area (Å²) in [6.07, 6.45) is 0.745. The van der Waals surface area contributed by atoms with Crippen LogP contribution < -0.4 is 0 Å². The Morgan fingerprint density at radius 2 is 2.00 bits per heavy atom. The fraction of sp³-hybridized carbons (Fsp3) is 0.875. The maximum absolute atomic E-state index is 10.7. The molecule has 0 saturated carbocycles. The number of carbonyl (C=O) groups excluding carboxylic acids is 1. The van der Waals surface area contributed by atoms with E-state index >= 15 is 0 Å². The van der Waals surface area contributed by atoms with Crippen molar-refractivity contribution < 1.29 is 24.3 Å². The number of carbonyl (C=O) groups is 1. The Hall–Kier alpha value is -0.650. The van der Waals surface area contributed by atoms with Crippen molar-refractivity contribution in [3.63, 3.8) is 0 Å². The SMILES string of the molecule is CCC(C)(C)OOOC(=O)COC. The molecule has 0 aliphatic rings. The molecule has 0 fully saturated rings. The van der Waals surface area contributed by atoms with Crippen LogP contribution in [-0.2, 0) is 24.3 Å². The molecule has 78 valence electrons. The van der Waals surface area contributed by atoms with E-state index in [0.717, 1.165) is 6.42 Å². The van der Waals surface area contributed by atoms with Gasteiger partial charge in [-0.3, -0.25) is 4.89 Å². The fourth-order valence-corrected chi connectivity index (χ4v) is 0.348. The lowest BCUT2D eigenvalue weighted by Crippen LogP contribution is -2.24. The highest BCUT2D eigenvalue weighted by atomic mass is 17.5. The van der Waals surface area contributed by atoms with Gasteiger partial charge in [0.2, 0.25) is 0 Å². The van der Waals surface area contributed by atoms with Gasteiger partial charge < -0.3 is 4.74 Å². The molecule has 5 heteroatoms. The van der Waals surface area contributed by atoms with Crippen molar-refractivity contribution in [2.75, 3.05) is 13.7 Å². The largest absolute Gasteiger partial charge is 0.373 e. The van der Waals surface area contributed by atoms with Crippen LogP contribution in [0.25, 0.3) is 0 Å². The Morgan fingerprint density at radius 3 is 2.46 bits per heavy atom. The van der Waals surface area contributed by atoms with Crippen LogP contribution in [0, 0.1) is 0 Å². The molecule has 0 heterocycles. The predicted molar refractivity (Wildman–Crippen MR) is 44.5 cm³/mol. The third kappa shape index (κ3) is 6.51. The minimum atomic E-state index is -0.630. The molecule has 0 saturated heterocycles. The first-order valence-corrected chi connectivity index (χ1v) is 4.06. The van der Waals surface area contributed by atoms with Crippen LogP contribution >= 0.6 is 0 Å². The smallest absolute Gasteiger partial charge is 0.370 e. The topological polar surface area (TPSA) is 54.0 Å². The molecule has 0 amide bonds. The molecule has 0 radical (unpaired) electrons. The summed E-state index contributed by atoms with van der Waals surface area (Å²) in [5, 5.41) is 4.27. The lowest BCUT2D eigenvalue weighted by molar-refractivity contribution is -0.517. The van der Waals surface area contributed by atoms with E-state index < -0.39 is 11.6 Å². The number of methoxy groups -OCH3 is 1. The summed E-state index contributed by atoms with van der Waals surface area (Å²) in [6.45, 7) is 5.41. The molecule has 0 N–H and O–H groups in total. The first-order valence-electron chi connectivity index (χ1n) is 4.06. The zero-order chi connectivity index (χ0) is 10.3. The standard InChI is InChI=1S/C8H16O5/c1-5-8(2,3)12-13-11-7(9)6-10-4/h5-6H2,1-4H3. The van der Waals surface area contributed by atoms with Crippen molar-refractivity contribution in [1.82, 2.24) is 0 Å². The molecule has 0 aromatic rings. The third-order valence-corrected chi connectivity index (χ3v) is 1.50. The minimum Gasteiger partial charge on any atom is -0.373 e. The lowest BCUT2D eigenvalue weighted by Gasteiger charge is -2.19. The highest BCUT2D eigenvalue weighted by Gasteiger charge is 2.18. The molecule has 0 aromatic heterocycles. The highest BCUT2D eigenvalue weighted by molar-refractivity contribution is 5.69. The van der Waals surface area contributed by atoms with Crippen molar-refractivity contribution in [3.05, 3.63) is 0 Å². The Labute approximate surface area is 77.8 Å². The molecule has 0 rings (SSSR count). The summed E-state index contributed by atoms with van der Waals surface area (Å²) >= 11 is 0. The molecule has 5 nitrogen and oxygen atoms in total. The van der Waals surface area contributed by atoms with Crippen LogP contribution in [0.4, 0.5) is 0 Å². The molecular formula is C8H16O5. The molecule has 0 spiro atoms. The predicted octanol–water partition coefficient (Wildman–Crippen LogP) is 1.23. The Bertz CT molecular complexity index is 155. The average Bonchev–Trinajstić information content (AvgIpc) is 2.05.